The quantitative estimate of drug-likeness (QED) is 0.765. The maximum atomic E-state index is 10.8. The van der Waals surface area contributed by atoms with Crippen molar-refractivity contribution in [1.29, 1.82) is 0 Å². The number of hydrogen-bond acceptors (Lipinski definition) is 5. The Bertz CT molecular complexity index is 690. The van der Waals surface area contributed by atoms with Gasteiger partial charge in [0.1, 0.15) is 6.10 Å². The standard InChI is InChI=1S/C15H18ClN3O3S/c1-9(2)22-10(3)14-17-18-15(23-8-13(20)21)19(14)12-7-5-4-6-11(12)16/h4-7,9-10H,8H2,1-3H3,(H,20,21). The molecule has 0 aliphatic carbocycles. The summed E-state index contributed by atoms with van der Waals surface area (Å²) in [6, 6.07) is 7.28. The number of aliphatic carboxylic acids is 1. The van der Waals surface area contributed by atoms with Gasteiger partial charge in [-0.05, 0) is 32.9 Å². The molecule has 0 fully saturated rings. The molecule has 1 aromatic carbocycles. The largest absolute Gasteiger partial charge is 0.481 e. The zero-order valence-electron chi connectivity index (χ0n) is 13.1. The zero-order valence-corrected chi connectivity index (χ0v) is 14.6. The molecule has 23 heavy (non-hydrogen) atoms. The predicted octanol–water partition coefficient (Wildman–Crippen LogP) is 3.58. The number of carboxylic acids is 1. The van der Waals surface area contributed by atoms with Gasteiger partial charge in [-0.3, -0.25) is 9.36 Å². The fraction of sp³-hybridized carbons (Fsp3) is 0.400. The Morgan fingerprint density at radius 3 is 2.65 bits per heavy atom. The van der Waals surface area contributed by atoms with E-state index in [9.17, 15) is 4.79 Å². The van der Waals surface area contributed by atoms with Gasteiger partial charge in [0.15, 0.2) is 11.0 Å². The molecule has 124 valence electrons. The Balaban J connectivity index is 2.47. The Hall–Kier alpha value is -1.57. The SMILES string of the molecule is CC(C)OC(C)c1nnc(SCC(=O)O)n1-c1ccccc1Cl. The van der Waals surface area contributed by atoms with E-state index in [1.54, 1.807) is 10.6 Å². The van der Waals surface area contributed by atoms with Crippen LogP contribution in [0.3, 0.4) is 0 Å². The molecule has 1 unspecified atom stereocenters. The minimum Gasteiger partial charge on any atom is -0.481 e. The molecule has 2 rings (SSSR count). The van der Waals surface area contributed by atoms with Crippen LogP contribution in [0.2, 0.25) is 5.02 Å². The van der Waals surface area contributed by atoms with Crippen molar-refractivity contribution >= 4 is 29.3 Å². The van der Waals surface area contributed by atoms with E-state index in [0.717, 1.165) is 11.8 Å². The van der Waals surface area contributed by atoms with Gasteiger partial charge in [-0.15, -0.1) is 10.2 Å². The normalized spacial score (nSPS) is 12.6. The molecule has 6 nitrogen and oxygen atoms in total. The Morgan fingerprint density at radius 2 is 2.04 bits per heavy atom. The number of ether oxygens (including phenoxy) is 1. The fourth-order valence-electron chi connectivity index (χ4n) is 2.09. The molecule has 8 heteroatoms. The topological polar surface area (TPSA) is 77.2 Å². The van der Waals surface area contributed by atoms with Crippen molar-refractivity contribution in [3.05, 3.63) is 35.1 Å². The van der Waals surface area contributed by atoms with Gasteiger partial charge in [0.05, 0.1) is 22.6 Å². The van der Waals surface area contributed by atoms with Crippen LogP contribution in [0.1, 0.15) is 32.7 Å². The lowest BCUT2D eigenvalue weighted by atomic mass is 10.3. The number of rotatable bonds is 7. The molecule has 1 atom stereocenters. The summed E-state index contributed by atoms with van der Waals surface area (Å²) in [4.78, 5) is 10.8. The van der Waals surface area contributed by atoms with Crippen molar-refractivity contribution in [2.45, 2.75) is 38.1 Å². The molecular weight excluding hydrogens is 338 g/mol. The Morgan fingerprint density at radius 1 is 1.35 bits per heavy atom. The maximum Gasteiger partial charge on any atom is 0.313 e. The van der Waals surface area contributed by atoms with Crippen molar-refractivity contribution in [2.24, 2.45) is 0 Å². The predicted molar refractivity (Wildman–Crippen MR) is 89.4 cm³/mol. The maximum absolute atomic E-state index is 10.8. The molecule has 1 heterocycles. The number of para-hydroxylation sites is 1. The number of benzene rings is 1. The first kappa shape index (κ1) is 17.8. The van der Waals surface area contributed by atoms with Crippen molar-refractivity contribution in [2.75, 3.05) is 5.75 Å². The van der Waals surface area contributed by atoms with E-state index >= 15 is 0 Å². The van der Waals surface area contributed by atoms with Gasteiger partial charge in [-0.1, -0.05) is 35.5 Å². The van der Waals surface area contributed by atoms with Crippen LogP contribution in [0.5, 0.6) is 0 Å². The average Bonchev–Trinajstić information content (AvgIpc) is 2.88. The molecule has 0 aliphatic rings. The molecule has 0 spiro atoms. The number of halogens is 1. The van der Waals surface area contributed by atoms with Crippen LogP contribution in [0.25, 0.3) is 5.69 Å². The first-order valence-electron chi connectivity index (χ1n) is 7.10. The molecule has 1 N–H and O–H groups in total. The zero-order chi connectivity index (χ0) is 17.0. The summed E-state index contributed by atoms with van der Waals surface area (Å²) in [5.41, 5.74) is 0.696. The Kier molecular flexibility index (Phi) is 6.04. The molecule has 0 radical (unpaired) electrons. The summed E-state index contributed by atoms with van der Waals surface area (Å²) in [6.45, 7) is 5.75. The first-order chi connectivity index (χ1) is 10.9. The summed E-state index contributed by atoms with van der Waals surface area (Å²) in [6.07, 6.45) is -0.283. The van der Waals surface area contributed by atoms with Crippen LogP contribution < -0.4 is 0 Å². The van der Waals surface area contributed by atoms with Gasteiger partial charge in [0.25, 0.3) is 0 Å². The first-order valence-corrected chi connectivity index (χ1v) is 8.46. The molecule has 0 saturated carbocycles. The highest BCUT2D eigenvalue weighted by Crippen LogP contribution is 2.30. The number of aromatic nitrogens is 3. The third-order valence-corrected chi connectivity index (χ3v) is 4.15. The van der Waals surface area contributed by atoms with Crippen LogP contribution in [-0.2, 0) is 9.53 Å². The van der Waals surface area contributed by atoms with Crippen LogP contribution in [0, 0.1) is 0 Å². The highest BCUT2D eigenvalue weighted by Gasteiger charge is 2.22. The van der Waals surface area contributed by atoms with Crippen LogP contribution >= 0.6 is 23.4 Å². The van der Waals surface area contributed by atoms with Gasteiger partial charge >= 0.3 is 5.97 Å². The summed E-state index contributed by atoms with van der Waals surface area (Å²) in [5, 5.41) is 18.2. The second-order valence-corrected chi connectivity index (χ2v) is 6.49. The highest BCUT2D eigenvalue weighted by atomic mass is 35.5. The highest BCUT2D eigenvalue weighted by molar-refractivity contribution is 7.99. The van der Waals surface area contributed by atoms with Gasteiger partial charge in [0, 0.05) is 0 Å². The smallest absolute Gasteiger partial charge is 0.313 e. The number of hydrogen-bond donors (Lipinski definition) is 1. The number of nitrogens with zero attached hydrogens (tertiary/aromatic N) is 3. The molecule has 0 bridgehead atoms. The number of thioether (sulfide) groups is 1. The lowest BCUT2D eigenvalue weighted by Crippen LogP contribution is -2.13. The van der Waals surface area contributed by atoms with Crippen LogP contribution in [0.4, 0.5) is 0 Å². The molecule has 0 saturated heterocycles. The minimum absolute atomic E-state index is 0.0246. The summed E-state index contributed by atoms with van der Waals surface area (Å²) in [7, 11) is 0. The van der Waals surface area contributed by atoms with E-state index in [4.69, 9.17) is 21.4 Å². The van der Waals surface area contributed by atoms with Crippen LogP contribution in [-0.4, -0.2) is 37.7 Å². The molecule has 0 aliphatic heterocycles. The van der Waals surface area contributed by atoms with E-state index in [0.29, 0.717) is 21.7 Å². The number of carbonyl (C=O) groups is 1. The minimum atomic E-state index is -0.920. The Labute approximate surface area is 143 Å². The third kappa shape index (κ3) is 4.46. The van der Waals surface area contributed by atoms with Crippen molar-refractivity contribution in [3.8, 4) is 5.69 Å². The third-order valence-electron chi connectivity index (χ3n) is 2.92. The van der Waals surface area contributed by atoms with E-state index in [2.05, 4.69) is 10.2 Å². The number of carboxylic acid groups (broad SMARTS) is 1. The lowest BCUT2D eigenvalue weighted by Gasteiger charge is -2.18. The van der Waals surface area contributed by atoms with E-state index in [-0.39, 0.29) is 18.0 Å². The van der Waals surface area contributed by atoms with E-state index in [1.165, 1.54) is 0 Å². The van der Waals surface area contributed by atoms with Crippen molar-refractivity contribution < 1.29 is 14.6 Å². The van der Waals surface area contributed by atoms with Crippen LogP contribution in [0.15, 0.2) is 29.4 Å². The summed E-state index contributed by atoms with van der Waals surface area (Å²) >= 11 is 7.38. The monoisotopic (exact) mass is 355 g/mol. The lowest BCUT2D eigenvalue weighted by molar-refractivity contribution is -0.133. The molecular formula is C15H18ClN3O3S. The van der Waals surface area contributed by atoms with Gasteiger partial charge in [0.2, 0.25) is 0 Å². The van der Waals surface area contributed by atoms with E-state index < -0.39 is 5.97 Å². The summed E-state index contributed by atoms with van der Waals surface area (Å²) < 4.78 is 7.54. The van der Waals surface area contributed by atoms with Gasteiger partial charge in [-0.25, -0.2) is 0 Å². The van der Waals surface area contributed by atoms with Crippen molar-refractivity contribution in [3.63, 3.8) is 0 Å². The molecule has 2 aromatic rings. The fourth-order valence-corrected chi connectivity index (χ4v) is 2.99. The molecule has 0 amide bonds. The van der Waals surface area contributed by atoms with Gasteiger partial charge < -0.3 is 9.84 Å². The van der Waals surface area contributed by atoms with E-state index in [1.807, 2.05) is 39.0 Å². The second-order valence-electron chi connectivity index (χ2n) is 5.14. The molecule has 1 aromatic heterocycles. The van der Waals surface area contributed by atoms with Gasteiger partial charge in [-0.2, -0.15) is 0 Å². The second kappa shape index (κ2) is 7.81. The van der Waals surface area contributed by atoms with Crippen molar-refractivity contribution in [1.82, 2.24) is 14.8 Å². The summed E-state index contributed by atoms with van der Waals surface area (Å²) in [5.74, 6) is -0.446. The average molecular weight is 356 g/mol.